The van der Waals surface area contributed by atoms with E-state index >= 15 is 0 Å². The number of nitro benzene ring substituents is 1. The van der Waals surface area contributed by atoms with Crippen molar-refractivity contribution in [1.29, 1.82) is 0 Å². The van der Waals surface area contributed by atoms with Crippen molar-refractivity contribution in [2.24, 2.45) is 5.41 Å². The first kappa shape index (κ1) is 22.5. The number of phenols is 1. The van der Waals surface area contributed by atoms with Gasteiger partial charge in [0.15, 0.2) is 5.78 Å². The first-order valence-electron chi connectivity index (χ1n) is 10.9. The Bertz CT molecular complexity index is 1170. The fourth-order valence-corrected chi connectivity index (χ4v) is 4.78. The van der Waals surface area contributed by atoms with Gasteiger partial charge in [-0.1, -0.05) is 26.0 Å². The zero-order chi connectivity index (χ0) is 23.9. The van der Waals surface area contributed by atoms with Crippen LogP contribution in [0, 0.1) is 15.5 Å². The van der Waals surface area contributed by atoms with Crippen LogP contribution in [0.2, 0.25) is 0 Å². The summed E-state index contributed by atoms with van der Waals surface area (Å²) in [5.41, 5.74) is 1.27. The molecule has 0 spiro atoms. The van der Waals surface area contributed by atoms with Crippen molar-refractivity contribution in [3.8, 4) is 11.5 Å². The molecule has 2 aromatic rings. The van der Waals surface area contributed by atoms with E-state index in [0.29, 0.717) is 36.5 Å². The van der Waals surface area contributed by atoms with Crippen LogP contribution in [0.4, 0.5) is 11.4 Å². The minimum absolute atomic E-state index is 0.000142. The molecule has 4 rings (SSSR count). The van der Waals surface area contributed by atoms with E-state index in [0.717, 1.165) is 5.56 Å². The molecule has 2 aromatic carbocycles. The van der Waals surface area contributed by atoms with E-state index in [1.165, 1.54) is 29.2 Å². The molecule has 1 heterocycles. The van der Waals surface area contributed by atoms with Gasteiger partial charge in [0.2, 0.25) is 5.91 Å². The molecule has 0 fully saturated rings. The molecule has 1 aliphatic carbocycles. The summed E-state index contributed by atoms with van der Waals surface area (Å²) in [5, 5.41) is 21.6. The average molecular weight is 450 g/mol. The molecule has 8 heteroatoms. The smallest absolute Gasteiger partial charge is 0.297 e. The molecule has 0 saturated carbocycles. The predicted octanol–water partition coefficient (Wildman–Crippen LogP) is 4.86. The monoisotopic (exact) mass is 450 g/mol. The second kappa shape index (κ2) is 8.35. The molecular formula is C25H26N2O6. The summed E-state index contributed by atoms with van der Waals surface area (Å²) >= 11 is 0. The van der Waals surface area contributed by atoms with Gasteiger partial charge < -0.3 is 9.84 Å². The quantitative estimate of drug-likeness (QED) is 0.514. The number of ketones is 1. The summed E-state index contributed by atoms with van der Waals surface area (Å²) in [7, 11) is 0. The number of benzene rings is 2. The van der Waals surface area contributed by atoms with E-state index in [9.17, 15) is 24.8 Å². The third-order valence-corrected chi connectivity index (χ3v) is 6.13. The van der Waals surface area contributed by atoms with Crippen molar-refractivity contribution in [1.82, 2.24) is 0 Å². The first-order valence-corrected chi connectivity index (χ1v) is 10.9. The number of hydrogen-bond donors (Lipinski definition) is 1. The van der Waals surface area contributed by atoms with Crippen LogP contribution in [0.15, 0.2) is 53.7 Å². The van der Waals surface area contributed by atoms with Gasteiger partial charge in [-0.05, 0) is 48.6 Å². The van der Waals surface area contributed by atoms with Crippen LogP contribution in [0.3, 0.4) is 0 Å². The Morgan fingerprint density at radius 1 is 1.15 bits per heavy atom. The van der Waals surface area contributed by atoms with Crippen LogP contribution in [-0.4, -0.2) is 28.3 Å². The zero-order valence-corrected chi connectivity index (χ0v) is 18.8. The van der Waals surface area contributed by atoms with Crippen molar-refractivity contribution in [3.63, 3.8) is 0 Å². The molecule has 33 heavy (non-hydrogen) atoms. The van der Waals surface area contributed by atoms with Gasteiger partial charge in [0.05, 0.1) is 17.6 Å². The molecule has 172 valence electrons. The third kappa shape index (κ3) is 4.20. The molecule has 8 nitrogen and oxygen atoms in total. The van der Waals surface area contributed by atoms with E-state index in [-0.39, 0.29) is 35.2 Å². The van der Waals surface area contributed by atoms with Crippen molar-refractivity contribution < 1.29 is 24.4 Å². The number of carbonyl (C=O) groups excluding carboxylic acids is 2. The number of nitro groups is 1. The standard InChI is InChI=1S/C25H26N2O6/c1-4-33-17-9-10-19(20(11-17)27(31)32)26-21-13-25(2,3)14-22(29)24(21)18(12-23(26)30)15-5-7-16(28)8-6-15/h5-11,18,28H,4,12-14H2,1-3H3. The van der Waals surface area contributed by atoms with Gasteiger partial charge in [0.25, 0.3) is 5.69 Å². The van der Waals surface area contributed by atoms with Gasteiger partial charge >= 0.3 is 0 Å². The van der Waals surface area contributed by atoms with Crippen molar-refractivity contribution in [3.05, 3.63) is 69.4 Å². The Morgan fingerprint density at radius 3 is 2.48 bits per heavy atom. The lowest BCUT2D eigenvalue weighted by molar-refractivity contribution is -0.384. The third-order valence-electron chi connectivity index (χ3n) is 6.13. The molecule has 1 unspecified atom stereocenters. The van der Waals surface area contributed by atoms with Crippen LogP contribution in [0.5, 0.6) is 11.5 Å². The minimum atomic E-state index is -0.535. The minimum Gasteiger partial charge on any atom is -0.508 e. The molecule has 1 amide bonds. The highest BCUT2D eigenvalue weighted by molar-refractivity contribution is 6.08. The molecule has 2 aliphatic rings. The highest BCUT2D eigenvalue weighted by Crippen LogP contribution is 2.49. The predicted molar refractivity (Wildman–Crippen MR) is 122 cm³/mol. The highest BCUT2D eigenvalue weighted by Gasteiger charge is 2.45. The molecule has 1 N–H and O–H groups in total. The number of amides is 1. The van der Waals surface area contributed by atoms with Crippen molar-refractivity contribution in [2.75, 3.05) is 11.5 Å². The fraction of sp³-hybridized carbons (Fsp3) is 0.360. The zero-order valence-electron chi connectivity index (χ0n) is 18.8. The van der Waals surface area contributed by atoms with Gasteiger partial charge in [-0.25, -0.2) is 0 Å². The largest absolute Gasteiger partial charge is 0.508 e. The maximum absolute atomic E-state index is 13.5. The molecule has 1 atom stereocenters. The fourth-order valence-electron chi connectivity index (χ4n) is 4.78. The summed E-state index contributed by atoms with van der Waals surface area (Å²) in [6.45, 7) is 6.04. The number of nitrogens with zero attached hydrogens (tertiary/aromatic N) is 2. The molecule has 1 aliphatic heterocycles. The van der Waals surface area contributed by atoms with Crippen LogP contribution in [-0.2, 0) is 9.59 Å². The number of hydrogen-bond acceptors (Lipinski definition) is 6. The number of rotatable bonds is 5. The Kier molecular flexibility index (Phi) is 5.69. The Morgan fingerprint density at radius 2 is 1.85 bits per heavy atom. The molecule has 0 saturated heterocycles. The summed E-state index contributed by atoms with van der Waals surface area (Å²) < 4.78 is 5.41. The van der Waals surface area contributed by atoms with Crippen LogP contribution in [0.1, 0.15) is 51.5 Å². The summed E-state index contributed by atoms with van der Waals surface area (Å²) in [6, 6.07) is 10.9. The number of Topliss-reactive ketones (excluding diaryl/α,β-unsaturated/α-hetero) is 1. The van der Waals surface area contributed by atoms with Gasteiger partial charge in [0.1, 0.15) is 17.2 Å². The number of phenolic OH excluding ortho intramolecular Hbond substituents is 1. The topological polar surface area (TPSA) is 110 Å². The summed E-state index contributed by atoms with van der Waals surface area (Å²) in [5.74, 6) is -0.406. The SMILES string of the molecule is CCOc1ccc(N2C(=O)CC(c3ccc(O)cc3)C3=C2CC(C)(C)CC3=O)c([N+](=O)[O-])c1. The lowest BCUT2D eigenvalue weighted by Crippen LogP contribution is -2.44. The lowest BCUT2D eigenvalue weighted by Gasteiger charge is -2.42. The number of anilines is 1. The second-order valence-electron chi connectivity index (χ2n) is 9.22. The van der Waals surface area contributed by atoms with Crippen molar-refractivity contribution in [2.45, 2.75) is 46.0 Å². The van der Waals surface area contributed by atoms with Crippen LogP contribution >= 0.6 is 0 Å². The normalized spacial score (nSPS) is 20.0. The Labute approximate surface area is 191 Å². The summed E-state index contributed by atoms with van der Waals surface area (Å²) in [4.78, 5) is 39.5. The van der Waals surface area contributed by atoms with Gasteiger partial charge in [-0.3, -0.25) is 24.6 Å². The van der Waals surface area contributed by atoms with Crippen molar-refractivity contribution >= 4 is 23.1 Å². The lowest BCUT2D eigenvalue weighted by atomic mass is 9.69. The summed E-state index contributed by atoms with van der Waals surface area (Å²) in [6.07, 6.45) is 0.757. The van der Waals surface area contributed by atoms with Gasteiger partial charge in [0, 0.05) is 30.0 Å². The number of ether oxygens (including phenoxy) is 1. The van der Waals surface area contributed by atoms with Gasteiger partial charge in [-0.15, -0.1) is 0 Å². The van der Waals surface area contributed by atoms with Crippen LogP contribution < -0.4 is 9.64 Å². The van der Waals surface area contributed by atoms with E-state index in [2.05, 4.69) is 0 Å². The number of carbonyl (C=O) groups is 2. The molecule has 0 aromatic heterocycles. The van der Waals surface area contributed by atoms with Gasteiger partial charge in [-0.2, -0.15) is 0 Å². The molecule has 0 radical (unpaired) electrons. The van der Waals surface area contributed by atoms with E-state index in [4.69, 9.17) is 4.74 Å². The Balaban J connectivity index is 1.91. The second-order valence-corrected chi connectivity index (χ2v) is 9.22. The van der Waals surface area contributed by atoms with E-state index in [1.807, 2.05) is 13.8 Å². The molecule has 0 bridgehead atoms. The average Bonchev–Trinajstić information content (AvgIpc) is 2.73. The van der Waals surface area contributed by atoms with E-state index in [1.54, 1.807) is 25.1 Å². The number of allylic oxidation sites excluding steroid dienone is 2. The van der Waals surface area contributed by atoms with E-state index < -0.39 is 16.3 Å². The van der Waals surface area contributed by atoms with Crippen LogP contribution in [0.25, 0.3) is 0 Å². The maximum Gasteiger partial charge on any atom is 0.297 e. The number of aromatic hydroxyl groups is 1. The molecular weight excluding hydrogens is 424 g/mol. The highest BCUT2D eigenvalue weighted by atomic mass is 16.6. The maximum atomic E-state index is 13.5. The Hall–Kier alpha value is -3.68. The first-order chi connectivity index (χ1) is 15.6.